The van der Waals surface area contributed by atoms with Gasteiger partial charge in [-0.15, -0.1) is 0 Å². The van der Waals surface area contributed by atoms with Crippen LogP contribution in [0.5, 0.6) is 0 Å². The minimum atomic E-state index is -0.424. The molecule has 21 heavy (non-hydrogen) atoms. The van der Waals surface area contributed by atoms with Crippen LogP contribution in [0, 0.1) is 6.92 Å². The van der Waals surface area contributed by atoms with Crippen molar-refractivity contribution < 1.29 is 13.9 Å². The zero-order valence-electron chi connectivity index (χ0n) is 12.0. The second-order valence-corrected chi connectivity index (χ2v) is 6.05. The number of carbonyl (C=O) groups excluding carboxylic acids is 1. The van der Waals surface area contributed by atoms with Gasteiger partial charge in [0.05, 0.1) is 12.3 Å². The van der Waals surface area contributed by atoms with Crippen LogP contribution in [-0.2, 0) is 4.74 Å². The molecular weight excluding hydrogens is 334 g/mol. The largest absolute Gasteiger partial charge is 0.460 e. The van der Waals surface area contributed by atoms with Gasteiger partial charge in [-0.1, -0.05) is 15.9 Å². The molecule has 1 saturated carbocycles. The molecule has 0 unspecified atom stereocenters. The molecule has 1 aliphatic rings. The first-order valence-electron chi connectivity index (χ1n) is 7.04. The van der Waals surface area contributed by atoms with Crippen LogP contribution in [0.1, 0.15) is 47.5 Å². The number of rotatable bonds is 4. The van der Waals surface area contributed by atoms with Crippen molar-refractivity contribution in [3.8, 4) is 11.5 Å². The van der Waals surface area contributed by atoms with E-state index in [1.165, 1.54) is 0 Å². The molecule has 110 valence electrons. The Hall–Kier alpha value is -1.62. The molecule has 0 spiro atoms. The molecule has 1 heterocycles. The zero-order valence-corrected chi connectivity index (χ0v) is 13.6. The molecule has 3 rings (SSSR count). The van der Waals surface area contributed by atoms with E-state index in [2.05, 4.69) is 20.9 Å². The number of hydrogen-bond donors (Lipinski definition) is 0. The lowest BCUT2D eigenvalue weighted by Gasteiger charge is -2.00. The summed E-state index contributed by atoms with van der Waals surface area (Å²) in [5.41, 5.74) is 2.70. The number of oxazole rings is 1. The predicted molar refractivity (Wildman–Crippen MR) is 82.3 cm³/mol. The van der Waals surface area contributed by atoms with Gasteiger partial charge in [0.1, 0.15) is 0 Å². The number of aryl methyl sites for hydroxylation is 1. The molecule has 0 saturated heterocycles. The Labute approximate surface area is 131 Å². The Morgan fingerprint density at radius 1 is 1.48 bits per heavy atom. The van der Waals surface area contributed by atoms with Crippen molar-refractivity contribution in [1.29, 1.82) is 0 Å². The lowest BCUT2D eigenvalue weighted by molar-refractivity contribution is 0.0489. The highest BCUT2D eigenvalue weighted by atomic mass is 79.9. The molecule has 1 aromatic carbocycles. The van der Waals surface area contributed by atoms with E-state index in [-0.39, 0.29) is 5.76 Å². The van der Waals surface area contributed by atoms with Gasteiger partial charge in [-0.3, -0.25) is 0 Å². The Morgan fingerprint density at radius 2 is 2.24 bits per heavy atom. The Morgan fingerprint density at radius 3 is 2.86 bits per heavy atom. The van der Waals surface area contributed by atoms with Crippen LogP contribution in [0.4, 0.5) is 0 Å². The third-order valence-corrected chi connectivity index (χ3v) is 4.37. The number of ether oxygens (including phenoxy) is 1. The summed E-state index contributed by atoms with van der Waals surface area (Å²) in [5, 5.41) is 0. The minimum absolute atomic E-state index is 0.259. The van der Waals surface area contributed by atoms with Crippen LogP contribution in [0.15, 0.2) is 27.1 Å². The van der Waals surface area contributed by atoms with Gasteiger partial charge in [0.2, 0.25) is 11.7 Å². The van der Waals surface area contributed by atoms with E-state index < -0.39 is 5.97 Å². The van der Waals surface area contributed by atoms with Crippen molar-refractivity contribution >= 4 is 21.9 Å². The number of benzene rings is 1. The zero-order chi connectivity index (χ0) is 15.0. The van der Waals surface area contributed by atoms with Crippen LogP contribution in [0.2, 0.25) is 0 Å². The monoisotopic (exact) mass is 349 g/mol. The first kappa shape index (κ1) is 14.3. The molecule has 0 radical (unpaired) electrons. The predicted octanol–water partition coefficient (Wildman–Crippen LogP) is 4.47. The molecule has 0 atom stereocenters. The van der Waals surface area contributed by atoms with Gasteiger partial charge >= 0.3 is 5.97 Å². The maximum Gasteiger partial charge on any atom is 0.376 e. The topological polar surface area (TPSA) is 52.3 Å². The van der Waals surface area contributed by atoms with Crippen molar-refractivity contribution in [2.24, 2.45) is 0 Å². The maximum atomic E-state index is 12.0. The molecule has 1 aliphatic carbocycles. The lowest BCUT2D eigenvalue weighted by Crippen LogP contribution is -2.05. The molecule has 5 heteroatoms. The molecule has 0 N–H and O–H groups in total. The summed E-state index contributed by atoms with van der Waals surface area (Å²) in [6.45, 7) is 4.12. The number of aromatic nitrogens is 1. The molecular formula is C16H16BrNO3. The second-order valence-electron chi connectivity index (χ2n) is 5.19. The number of nitrogens with zero attached hydrogens (tertiary/aromatic N) is 1. The fraction of sp³-hybridized carbons (Fsp3) is 0.375. The minimum Gasteiger partial charge on any atom is -0.460 e. The Balaban J connectivity index is 2.01. The molecule has 1 aromatic heterocycles. The van der Waals surface area contributed by atoms with Gasteiger partial charge < -0.3 is 9.15 Å². The summed E-state index contributed by atoms with van der Waals surface area (Å²) in [6.07, 6.45) is 2.11. The normalized spacial score (nSPS) is 14.2. The van der Waals surface area contributed by atoms with Crippen molar-refractivity contribution in [3.05, 3.63) is 39.7 Å². The summed E-state index contributed by atoms with van der Waals surface area (Å²) in [5.74, 6) is 0.649. The van der Waals surface area contributed by atoms with Gasteiger partial charge in [-0.25, -0.2) is 9.78 Å². The standard InChI is InChI=1S/C16H16BrNO3/c1-3-20-16(19)14-13(10-4-5-10)18-15(21-14)11-6-7-12(17)9(2)8-11/h6-8,10H,3-5H2,1-2H3. The number of esters is 1. The van der Waals surface area contributed by atoms with E-state index in [4.69, 9.17) is 9.15 Å². The molecule has 4 nitrogen and oxygen atoms in total. The maximum absolute atomic E-state index is 12.0. The van der Waals surface area contributed by atoms with Gasteiger partial charge in [0.15, 0.2) is 0 Å². The van der Waals surface area contributed by atoms with Crippen LogP contribution in [-0.4, -0.2) is 17.6 Å². The first-order valence-corrected chi connectivity index (χ1v) is 7.83. The average molecular weight is 350 g/mol. The number of halogens is 1. The summed E-state index contributed by atoms with van der Waals surface area (Å²) in [4.78, 5) is 16.5. The SMILES string of the molecule is CCOC(=O)c1oc(-c2ccc(Br)c(C)c2)nc1C1CC1. The van der Waals surface area contributed by atoms with Crippen LogP contribution in [0.25, 0.3) is 11.5 Å². The Kier molecular flexibility index (Phi) is 3.85. The highest BCUT2D eigenvalue weighted by Gasteiger charge is 2.34. The highest BCUT2D eigenvalue weighted by molar-refractivity contribution is 9.10. The average Bonchev–Trinajstić information content (AvgIpc) is 3.21. The molecule has 1 fully saturated rings. The van der Waals surface area contributed by atoms with Gasteiger partial charge in [0.25, 0.3) is 0 Å². The summed E-state index contributed by atoms with van der Waals surface area (Å²) in [6, 6.07) is 5.87. The third kappa shape index (κ3) is 2.88. The van der Waals surface area contributed by atoms with Crippen molar-refractivity contribution in [2.75, 3.05) is 6.61 Å². The van der Waals surface area contributed by atoms with Crippen LogP contribution < -0.4 is 0 Å². The van der Waals surface area contributed by atoms with Gasteiger partial charge in [-0.05, 0) is 50.5 Å². The third-order valence-electron chi connectivity index (χ3n) is 3.48. The van der Waals surface area contributed by atoms with Crippen LogP contribution >= 0.6 is 15.9 Å². The van der Waals surface area contributed by atoms with Crippen molar-refractivity contribution in [2.45, 2.75) is 32.6 Å². The van der Waals surface area contributed by atoms with Crippen molar-refractivity contribution in [3.63, 3.8) is 0 Å². The van der Waals surface area contributed by atoms with E-state index in [1.54, 1.807) is 6.92 Å². The summed E-state index contributed by atoms with van der Waals surface area (Å²) < 4.78 is 11.8. The first-order chi connectivity index (χ1) is 10.1. The fourth-order valence-corrected chi connectivity index (χ4v) is 2.46. The van der Waals surface area contributed by atoms with Gasteiger partial charge in [0, 0.05) is 16.0 Å². The van der Waals surface area contributed by atoms with Crippen molar-refractivity contribution in [1.82, 2.24) is 4.98 Å². The van der Waals surface area contributed by atoms with E-state index in [9.17, 15) is 4.79 Å². The van der Waals surface area contributed by atoms with Gasteiger partial charge in [-0.2, -0.15) is 0 Å². The number of hydrogen-bond acceptors (Lipinski definition) is 4. The quantitative estimate of drug-likeness (QED) is 0.764. The number of carbonyl (C=O) groups is 1. The lowest BCUT2D eigenvalue weighted by atomic mass is 10.1. The Bertz CT molecular complexity index is 689. The molecule has 0 amide bonds. The molecule has 0 bridgehead atoms. The molecule has 0 aliphatic heterocycles. The van der Waals surface area contributed by atoms with E-state index >= 15 is 0 Å². The summed E-state index contributed by atoms with van der Waals surface area (Å²) >= 11 is 3.47. The summed E-state index contributed by atoms with van der Waals surface area (Å²) in [7, 11) is 0. The van der Waals surface area contributed by atoms with E-state index in [0.29, 0.717) is 18.4 Å². The second kappa shape index (κ2) is 5.64. The smallest absolute Gasteiger partial charge is 0.376 e. The fourth-order valence-electron chi connectivity index (χ4n) is 2.21. The highest BCUT2D eigenvalue weighted by Crippen LogP contribution is 2.42. The molecule has 2 aromatic rings. The van der Waals surface area contributed by atoms with Crippen LogP contribution in [0.3, 0.4) is 0 Å². The van der Waals surface area contributed by atoms with E-state index in [1.807, 2.05) is 25.1 Å². The van der Waals surface area contributed by atoms with E-state index in [0.717, 1.165) is 34.1 Å².